The second kappa shape index (κ2) is 3.32. The van der Waals surface area contributed by atoms with Crippen molar-refractivity contribution in [1.29, 1.82) is 0 Å². The van der Waals surface area contributed by atoms with Crippen molar-refractivity contribution in [3.63, 3.8) is 0 Å². The molecule has 0 bridgehead atoms. The van der Waals surface area contributed by atoms with Crippen LogP contribution in [0.15, 0.2) is 18.2 Å². The third-order valence-electron chi connectivity index (χ3n) is 3.69. The third kappa shape index (κ3) is 1.69. The lowest BCUT2D eigenvalue weighted by Crippen LogP contribution is -2.13. The van der Waals surface area contributed by atoms with Gasteiger partial charge in [-0.25, -0.2) is 0 Å². The molecule has 0 spiro atoms. The molecule has 88 valence electrons. The SMILES string of the molecule is O=C(O)CC1(c2ccc3c(c2)NC(=O)C3)CC1. The Morgan fingerprint density at radius 1 is 1.41 bits per heavy atom. The number of carboxylic acid groups (broad SMARTS) is 1. The first-order valence-electron chi connectivity index (χ1n) is 5.74. The lowest BCUT2D eigenvalue weighted by Gasteiger charge is -2.14. The van der Waals surface area contributed by atoms with Crippen molar-refractivity contribution in [3.8, 4) is 0 Å². The molecule has 0 unspecified atom stereocenters. The van der Waals surface area contributed by atoms with E-state index in [-0.39, 0.29) is 17.7 Å². The van der Waals surface area contributed by atoms with Crippen LogP contribution in [0, 0.1) is 0 Å². The second-order valence-corrected chi connectivity index (χ2v) is 4.95. The van der Waals surface area contributed by atoms with Gasteiger partial charge in [0.2, 0.25) is 5.91 Å². The van der Waals surface area contributed by atoms with Crippen LogP contribution < -0.4 is 5.32 Å². The average Bonchev–Trinajstić information content (AvgIpc) is 2.91. The number of nitrogens with one attached hydrogen (secondary N) is 1. The Morgan fingerprint density at radius 3 is 2.82 bits per heavy atom. The fraction of sp³-hybridized carbons (Fsp3) is 0.385. The van der Waals surface area contributed by atoms with Crippen LogP contribution in [0.2, 0.25) is 0 Å². The lowest BCUT2D eigenvalue weighted by molar-refractivity contribution is -0.137. The summed E-state index contributed by atoms with van der Waals surface area (Å²) < 4.78 is 0. The van der Waals surface area contributed by atoms with Crippen LogP contribution >= 0.6 is 0 Å². The summed E-state index contributed by atoms with van der Waals surface area (Å²) in [4.78, 5) is 22.1. The molecule has 0 radical (unpaired) electrons. The molecule has 1 fully saturated rings. The van der Waals surface area contributed by atoms with Crippen LogP contribution in [-0.2, 0) is 21.4 Å². The number of aliphatic carboxylic acids is 1. The minimum absolute atomic E-state index is 0.0141. The summed E-state index contributed by atoms with van der Waals surface area (Å²) in [7, 11) is 0. The number of rotatable bonds is 3. The quantitative estimate of drug-likeness (QED) is 0.831. The molecule has 1 aliphatic heterocycles. The fourth-order valence-corrected chi connectivity index (χ4v) is 2.55. The van der Waals surface area contributed by atoms with Crippen LogP contribution in [0.4, 0.5) is 5.69 Å². The van der Waals surface area contributed by atoms with Crippen LogP contribution in [0.1, 0.15) is 30.4 Å². The highest BCUT2D eigenvalue weighted by Crippen LogP contribution is 2.51. The summed E-state index contributed by atoms with van der Waals surface area (Å²) in [5.41, 5.74) is 2.71. The van der Waals surface area contributed by atoms with Crippen LogP contribution in [0.5, 0.6) is 0 Å². The Bertz CT molecular complexity index is 517. The molecular formula is C13H13NO3. The molecule has 0 aromatic heterocycles. The number of fused-ring (bicyclic) bond motifs is 1. The Kier molecular flexibility index (Phi) is 2.02. The maximum absolute atomic E-state index is 11.2. The molecule has 17 heavy (non-hydrogen) atoms. The van der Waals surface area contributed by atoms with E-state index >= 15 is 0 Å². The molecule has 2 N–H and O–H groups in total. The van der Waals surface area contributed by atoms with E-state index in [4.69, 9.17) is 5.11 Å². The van der Waals surface area contributed by atoms with E-state index in [1.807, 2.05) is 18.2 Å². The number of anilines is 1. The van der Waals surface area contributed by atoms with Gasteiger partial charge >= 0.3 is 5.97 Å². The minimum atomic E-state index is -0.757. The zero-order valence-electron chi connectivity index (χ0n) is 9.32. The van der Waals surface area contributed by atoms with Gasteiger partial charge in [0, 0.05) is 11.1 Å². The summed E-state index contributed by atoms with van der Waals surface area (Å²) in [5, 5.41) is 11.7. The molecule has 4 nitrogen and oxygen atoms in total. The van der Waals surface area contributed by atoms with Crippen molar-refractivity contribution in [3.05, 3.63) is 29.3 Å². The minimum Gasteiger partial charge on any atom is -0.481 e. The number of benzene rings is 1. The Labute approximate surface area is 98.6 Å². The fourth-order valence-electron chi connectivity index (χ4n) is 2.55. The van der Waals surface area contributed by atoms with Crippen molar-refractivity contribution in [2.24, 2.45) is 0 Å². The van der Waals surface area contributed by atoms with Crippen molar-refractivity contribution in [1.82, 2.24) is 0 Å². The van der Waals surface area contributed by atoms with Gasteiger partial charge in [-0.15, -0.1) is 0 Å². The average molecular weight is 231 g/mol. The first kappa shape index (κ1) is 10.3. The van der Waals surface area contributed by atoms with E-state index in [0.29, 0.717) is 6.42 Å². The maximum atomic E-state index is 11.2. The van der Waals surface area contributed by atoms with Gasteiger partial charge in [-0.05, 0) is 30.0 Å². The number of carboxylic acids is 1. The molecule has 1 aliphatic carbocycles. The molecule has 2 aliphatic rings. The normalized spacial score (nSPS) is 19.6. The van der Waals surface area contributed by atoms with Crippen molar-refractivity contribution < 1.29 is 14.7 Å². The molecular weight excluding hydrogens is 218 g/mol. The number of hydrogen-bond acceptors (Lipinski definition) is 2. The van der Waals surface area contributed by atoms with E-state index in [2.05, 4.69) is 5.32 Å². The van der Waals surface area contributed by atoms with E-state index in [1.54, 1.807) is 0 Å². The summed E-state index contributed by atoms with van der Waals surface area (Å²) >= 11 is 0. The first-order chi connectivity index (χ1) is 8.09. The zero-order chi connectivity index (χ0) is 12.0. The lowest BCUT2D eigenvalue weighted by atomic mass is 9.91. The Hall–Kier alpha value is -1.84. The highest BCUT2D eigenvalue weighted by Gasteiger charge is 2.46. The van der Waals surface area contributed by atoms with E-state index in [1.165, 1.54) is 0 Å². The van der Waals surface area contributed by atoms with E-state index in [0.717, 1.165) is 29.7 Å². The first-order valence-corrected chi connectivity index (χ1v) is 5.74. The number of hydrogen-bond donors (Lipinski definition) is 2. The largest absolute Gasteiger partial charge is 0.481 e. The second-order valence-electron chi connectivity index (χ2n) is 4.95. The van der Waals surface area contributed by atoms with Crippen LogP contribution in [0.3, 0.4) is 0 Å². The number of carbonyl (C=O) groups excluding carboxylic acids is 1. The Morgan fingerprint density at radius 2 is 2.18 bits per heavy atom. The van der Waals surface area contributed by atoms with Crippen molar-refractivity contribution in [2.45, 2.75) is 31.1 Å². The zero-order valence-corrected chi connectivity index (χ0v) is 9.32. The molecule has 1 aromatic carbocycles. The van der Waals surface area contributed by atoms with Gasteiger partial charge in [-0.3, -0.25) is 9.59 Å². The summed E-state index contributed by atoms with van der Waals surface area (Å²) in [6.07, 6.45) is 2.46. The van der Waals surface area contributed by atoms with Gasteiger partial charge in [-0.2, -0.15) is 0 Å². The van der Waals surface area contributed by atoms with Gasteiger partial charge in [0.25, 0.3) is 0 Å². The Balaban J connectivity index is 1.93. The molecule has 1 heterocycles. The van der Waals surface area contributed by atoms with Gasteiger partial charge in [-0.1, -0.05) is 12.1 Å². The molecule has 0 atom stereocenters. The third-order valence-corrected chi connectivity index (χ3v) is 3.69. The number of amides is 1. The molecule has 0 saturated heterocycles. The standard InChI is InChI=1S/C13H13NO3/c15-11-5-8-1-2-9(6-10(8)14-11)13(3-4-13)7-12(16)17/h1-2,6H,3-5,7H2,(H,14,15)(H,16,17). The van der Waals surface area contributed by atoms with E-state index < -0.39 is 5.97 Å². The molecule has 1 amide bonds. The number of carbonyl (C=O) groups is 2. The predicted molar refractivity (Wildman–Crippen MR) is 61.9 cm³/mol. The van der Waals surface area contributed by atoms with Gasteiger partial charge in [0.1, 0.15) is 0 Å². The van der Waals surface area contributed by atoms with Gasteiger partial charge in [0.15, 0.2) is 0 Å². The van der Waals surface area contributed by atoms with Crippen LogP contribution in [-0.4, -0.2) is 17.0 Å². The predicted octanol–water partition coefficient (Wildman–Crippen LogP) is 1.69. The molecule has 1 saturated carbocycles. The maximum Gasteiger partial charge on any atom is 0.304 e. The molecule has 1 aromatic rings. The molecule has 4 heteroatoms. The summed E-state index contributed by atoms with van der Waals surface area (Å²) in [6, 6.07) is 5.84. The molecule has 3 rings (SSSR count). The van der Waals surface area contributed by atoms with Crippen LogP contribution in [0.25, 0.3) is 0 Å². The summed E-state index contributed by atoms with van der Waals surface area (Å²) in [6.45, 7) is 0. The topological polar surface area (TPSA) is 66.4 Å². The van der Waals surface area contributed by atoms with E-state index in [9.17, 15) is 9.59 Å². The van der Waals surface area contributed by atoms with Crippen molar-refractivity contribution in [2.75, 3.05) is 5.32 Å². The van der Waals surface area contributed by atoms with Gasteiger partial charge in [0.05, 0.1) is 12.8 Å². The summed E-state index contributed by atoms with van der Waals surface area (Å²) in [5.74, 6) is -0.743. The smallest absolute Gasteiger partial charge is 0.304 e. The highest BCUT2D eigenvalue weighted by molar-refractivity contribution is 5.99. The van der Waals surface area contributed by atoms with Crippen molar-refractivity contribution >= 4 is 17.6 Å². The highest BCUT2D eigenvalue weighted by atomic mass is 16.4. The van der Waals surface area contributed by atoms with Gasteiger partial charge < -0.3 is 10.4 Å². The monoisotopic (exact) mass is 231 g/mol.